The Balaban J connectivity index is 1.61. The lowest BCUT2D eigenvalue weighted by molar-refractivity contribution is -0.135. The van der Waals surface area contributed by atoms with Gasteiger partial charge in [-0.15, -0.1) is 22.7 Å². The topological polar surface area (TPSA) is 73.0 Å². The maximum atomic E-state index is 13.5. The summed E-state index contributed by atoms with van der Waals surface area (Å²) in [5.74, 6) is 0.136. The number of nitrogens with zero attached hydrogens (tertiary/aromatic N) is 3. The van der Waals surface area contributed by atoms with Gasteiger partial charge in [0.2, 0.25) is 5.91 Å². The van der Waals surface area contributed by atoms with Gasteiger partial charge in [-0.2, -0.15) is 0 Å². The van der Waals surface area contributed by atoms with Crippen molar-refractivity contribution in [3.8, 4) is 0 Å². The van der Waals surface area contributed by atoms with Crippen LogP contribution >= 0.6 is 22.7 Å². The van der Waals surface area contributed by atoms with Crippen molar-refractivity contribution in [2.75, 3.05) is 39.3 Å². The van der Waals surface area contributed by atoms with E-state index in [2.05, 4.69) is 19.2 Å². The number of carbonyl (C=O) groups excluding carboxylic acids is 3. The van der Waals surface area contributed by atoms with Crippen LogP contribution in [0, 0.1) is 5.92 Å². The van der Waals surface area contributed by atoms with Crippen LogP contribution in [0.4, 0.5) is 0 Å². The van der Waals surface area contributed by atoms with Gasteiger partial charge in [-0.3, -0.25) is 14.4 Å². The molecule has 7 nitrogen and oxygen atoms in total. The molecule has 3 amide bonds. The summed E-state index contributed by atoms with van der Waals surface area (Å²) in [7, 11) is 0. The van der Waals surface area contributed by atoms with Crippen LogP contribution in [0.1, 0.15) is 39.6 Å². The lowest BCUT2D eigenvalue weighted by Gasteiger charge is -2.32. The number of likely N-dealkylation sites (tertiary alicyclic amines) is 1. The van der Waals surface area contributed by atoms with E-state index in [1.54, 1.807) is 11.0 Å². The molecule has 4 rings (SSSR count). The van der Waals surface area contributed by atoms with Crippen molar-refractivity contribution in [2.24, 2.45) is 5.92 Å². The molecule has 172 valence electrons. The minimum absolute atomic E-state index is 0.00743. The van der Waals surface area contributed by atoms with Gasteiger partial charge in [-0.1, -0.05) is 26.0 Å². The van der Waals surface area contributed by atoms with Gasteiger partial charge in [-0.25, -0.2) is 0 Å². The Labute approximate surface area is 197 Å². The van der Waals surface area contributed by atoms with Crippen LogP contribution in [0.3, 0.4) is 0 Å². The highest BCUT2D eigenvalue weighted by molar-refractivity contribution is 7.12. The first-order valence-corrected chi connectivity index (χ1v) is 12.9. The highest BCUT2D eigenvalue weighted by Crippen LogP contribution is 2.29. The smallest absolute Gasteiger partial charge is 0.264 e. The molecule has 2 aliphatic heterocycles. The van der Waals surface area contributed by atoms with E-state index < -0.39 is 6.04 Å². The summed E-state index contributed by atoms with van der Waals surface area (Å²) >= 11 is 2.81. The van der Waals surface area contributed by atoms with E-state index in [-0.39, 0.29) is 29.7 Å². The van der Waals surface area contributed by atoms with Gasteiger partial charge in [0.25, 0.3) is 11.8 Å². The molecule has 32 heavy (non-hydrogen) atoms. The van der Waals surface area contributed by atoms with Crippen molar-refractivity contribution >= 4 is 40.4 Å². The third-order valence-electron chi connectivity index (χ3n) is 5.98. The normalized spacial score (nSPS) is 21.2. The average molecular weight is 475 g/mol. The fourth-order valence-corrected chi connectivity index (χ4v) is 5.83. The largest absolute Gasteiger partial charge is 0.338 e. The van der Waals surface area contributed by atoms with E-state index in [1.165, 1.54) is 22.7 Å². The van der Waals surface area contributed by atoms with E-state index >= 15 is 0 Å². The van der Waals surface area contributed by atoms with Crippen molar-refractivity contribution in [1.82, 2.24) is 20.0 Å². The predicted molar refractivity (Wildman–Crippen MR) is 127 cm³/mol. The van der Waals surface area contributed by atoms with Gasteiger partial charge in [0.05, 0.1) is 15.8 Å². The Morgan fingerprint density at radius 2 is 1.75 bits per heavy atom. The lowest BCUT2D eigenvalue weighted by Crippen LogP contribution is -2.53. The Morgan fingerprint density at radius 1 is 1.09 bits per heavy atom. The fourth-order valence-electron chi connectivity index (χ4n) is 4.47. The number of piperazine rings is 1. The van der Waals surface area contributed by atoms with Crippen molar-refractivity contribution in [3.05, 3.63) is 44.8 Å². The van der Waals surface area contributed by atoms with Gasteiger partial charge in [0.15, 0.2) is 0 Å². The van der Waals surface area contributed by atoms with Gasteiger partial charge in [0, 0.05) is 39.3 Å². The zero-order chi connectivity index (χ0) is 22.7. The molecule has 0 aromatic carbocycles. The Hall–Kier alpha value is -2.23. The van der Waals surface area contributed by atoms with Crippen LogP contribution in [0.25, 0.3) is 0 Å². The highest BCUT2D eigenvalue weighted by atomic mass is 32.1. The third-order valence-corrected chi connectivity index (χ3v) is 7.70. The molecule has 1 N–H and O–H groups in total. The van der Waals surface area contributed by atoms with Crippen molar-refractivity contribution in [1.29, 1.82) is 0 Å². The Morgan fingerprint density at radius 3 is 2.34 bits per heavy atom. The molecule has 0 bridgehead atoms. The lowest BCUT2D eigenvalue weighted by atomic mass is 10.1. The Kier molecular flexibility index (Phi) is 7.27. The minimum atomic E-state index is -0.543. The van der Waals surface area contributed by atoms with Crippen molar-refractivity contribution in [3.63, 3.8) is 0 Å². The van der Waals surface area contributed by atoms with Crippen LogP contribution in [0.15, 0.2) is 35.0 Å². The van der Waals surface area contributed by atoms with Gasteiger partial charge in [-0.05, 0) is 35.2 Å². The second kappa shape index (κ2) is 10.1. The zero-order valence-electron chi connectivity index (χ0n) is 18.5. The van der Waals surface area contributed by atoms with Gasteiger partial charge in [0.1, 0.15) is 6.04 Å². The first kappa shape index (κ1) is 22.9. The molecule has 0 spiro atoms. The number of carbonyl (C=O) groups is 3. The van der Waals surface area contributed by atoms with Crippen LogP contribution in [0.5, 0.6) is 0 Å². The first-order chi connectivity index (χ1) is 15.5. The molecule has 2 aromatic heterocycles. The number of hydrogen-bond acceptors (Lipinski definition) is 6. The number of thiophene rings is 2. The van der Waals surface area contributed by atoms with Crippen molar-refractivity contribution < 1.29 is 14.4 Å². The third kappa shape index (κ3) is 4.89. The molecular formula is C23H30N4O3S2. The Bertz CT molecular complexity index is 923. The molecule has 2 aliphatic rings. The summed E-state index contributed by atoms with van der Waals surface area (Å²) in [6.45, 7) is 7.95. The van der Waals surface area contributed by atoms with E-state index in [4.69, 9.17) is 0 Å². The summed E-state index contributed by atoms with van der Waals surface area (Å²) in [6.07, 6.45) is 0.476. The molecular weight excluding hydrogens is 444 g/mol. The molecule has 0 aliphatic carbocycles. The molecule has 2 atom stereocenters. The highest BCUT2D eigenvalue weighted by Gasteiger charge is 2.45. The maximum absolute atomic E-state index is 13.5. The van der Waals surface area contributed by atoms with Crippen LogP contribution in [-0.2, 0) is 4.79 Å². The predicted octanol–water partition coefficient (Wildman–Crippen LogP) is 2.62. The minimum Gasteiger partial charge on any atom is -0.338 e. The molecule has 0 radical (unpaired) electrons. The summed E-state index contributed by atoms with van der Waals surface area (Å²) in [5, 5.41) is 7.05. The average Bonchev–Trinajstić information content (AvgIpc) is 3.57. The molecule has 2 saturated heterocycles. The number of rotatable bonds is 6. The van der Waals surface area contributed by atoms with Crippen LogP contribution < -0.4 is 5.32 Å². The second-order valence-electron chi connectivity index (χ2n) is 8.74. The summed E-state index contributed by atoms with van der Waals surface area (Å²) in [5.41, 5.74) is 0. The summed E-state index contributed by atoms with van der Waals surface area (Å²) in [4.78, 5) is 46.9. The van der Waals surface area contributed by atoms with E-state index in [1.807, 2.05) is 38.8 Å². The van der Waals surface area contributed by atoms with Gasteiger partial charge >= 0.3 is 0 Å². The fraction of sp³-hybridized carbons (Fsp3) is 0.522. The van der Waals surface area contributed by atoms with E-state index in [0.29, 0.717) is 42.4 Å². The zero-order valence-corrected chi connectivity index (χ0v) is 20.2. The first-order valence-electron chi connectivity index (χ1n) is 11.1. The molecule has 2 fully saturated rings. The second-order valence-corrected chi connectivity index (χ2v) is 10.6. The number of hydrogen-bond donors (Lipinski definition) is 1. The van der Waals surface area contributed by atoms with Crippen LogP contribution in [0.2, 0.25) is 0 Å². The molecule has 2 unspecified atom stereocenters. The standard InChI is InChI=1S/C23H30N4O3S2/c1-16(2)14-26(22(29)19-5-3-11-31-19)17-13-18(21(28)25-9-7-24-8-10-25)27(15-17)23(30)20-6-4-12-32-20/h3-6,11-12,16-18,24H,7-10,13-15H2,1-2H3. The quantitative estimate of drug-likeness (QED) is 0.699. The van der Waals surface area contributed by atoms with Crippen LogP contribution in [-0.4, -0.2) is 83.8 Å². The van der Waals surface area contributed by atoms with E-state index in [0.717, 1.165) is 13.1 Å². The summed E-state index contributed by atoms with van der Waals surface area (Å²) in [6, 6.07) is 6.64. The van der Waals surface area contributed by atoms with Gasteiger partial charge < -0.3 is 20.0 Å². The molecule has 9 heteroatoms. The molecule has 0 saturated carbocycles. The number of nitrogens with one attached hydrogen (secondary N) is 1. The SMILES string of the molecule is CC(C)CN(C(=O)c1cccs1)C1CC(C(=O)N2CCNCC2)N(C(=O)c2cccs2)C1. The van der Waals surface area contributed by atoms with E-state index in [9.17, 15) is 14.4 Å². The summed E-state index contributed by atoms with van der Waals surface area (Å²) < 4.78 is 0. The monoisotopic (exact) mass is 474 g/mol. The maximum Gasteiger partial charge on any atom is 0.264 e. The molecule has 4 heterocycles. The van der Waals surface area contributed by atoms with Crippen molar-refractivity contribution in [2.45, 2.75) is 32.4 Å². The molecule has 2 aromatic rings. The number of amides is 3.